The van der Waals surface area contributed by atoms with Crippen LogP contribution in [-0.2, 0) is 11.3 Å². The van der Waals surface area contributed by atoms with Crippen LogP contribution >= 0.6 is 12.4 Å². The molecule has 1 saturated heterocycles. The van der Waals surface area contributed by atoms with E-state index in [1.807, 2.05) is 0 Å². The van der Waals surface area contributed by atoms with Crippen molar-refractivity contribution in [1.29, 1.82) is 0 Å². The second-order valence-corrected chi connectivity index (χ2v) is 6.55. The van der Waals surface area contributed by atoms with Crippen molar-refractivity contribution in [3.63, 3.8) is 0 Å². The minimum atomic E-state index is -0.575. The van der Waals surface area contributed by atoms with Gasteiger partial charge in [0.15, 0.2) is 5.58 Å². The maximum Gasteiger partial charge on any atom is 0.419 e. The summed E-state index contributed by atoms with van der Waals surface area (Å²) in [7, 11) is 0. The number of nitro groups is 1. The number of nitro benzene ring substituents is 1. The summed E-state index contributed by atoms with van der Waals surface area (Å²) in [5, 5.41) is 17.0. The van der Waals surface area contributed by atoms with E-state index in [0.29, 0.717) is 37.4 Å². The van der Waals surface area contributed by atoms with Crippen molar-refractivity contribution in [2.75, 3.05) is 19.6 Å². The van der Waals surface area contributed by atoms with Crippen molar-refractivity contribution < 1.29 is 14.1 Å². The van der Waals surface area contributed by atoms with Crippen molar-refractivity contribution in [2.24, 2.45) is 5.92 Å². The third kappa shape index (κ3) is 5.30. The zero-order chi connectivity index (χ0) is 18.5. The van der Waals surface area contributed by atoms with E-state index in [0.717, 1.165) is 25.9 Å². The van der Waals surface area contributed by atoms with E-state index in [-0.39, 0.29) is 29.6 Å². The van der Waals surface area contributed by atoms with E-state index in [1.54, 1.807) is 0 Å². The number of carbonyl (C=O) groups is 1. The van der Waals surface area contributed by atoms with Crippen LogP contribution in [0.15, 0.2) is 27.4 Å². The number of oxazole rings is 1. The summed E-state index contributed by atoms with van der Waals surface area (Å²) < 4.78 is 6.47. The molecule has 1 atom stereocenters. The third-order valence-electron chi connectivity index (χ3n) is 4.64. The highest BCUT2D eigenvalue weighted by molar-refractivity contribution is 5.85. The maximum atomic E-state index is 12.0. The van der Waals surface area contributed by atoms with Gasteiger partial charge in [0.2, 0.25) is 5.91 Å². The number of fused-ring (bicyclic) bond motifs is 1. The van der Waals surface area contributed by atoms with Crippen molar-refractivity contribution in [1.82, 2.24) is 15.2 Å². The lowest BCUT2D eigenvalue weighted by Crippen LogP contribution is -2.38. The first-order chi connectivity index (χ1) is 12.5. The minimum absolute atomic E-state index is 0. The van der Waals surface area contributed by atoms with Gasteiger partial charge in [-0.05, 0) is 44.3 Å². The van der Waals surface area contributed by atoms with Crippen LogP contribution in [0.25, 0.3) is 11.1 Å². The molecule has 3 rings (SSSR count). The number of halogens is 1. The molecular weight excluding hydrogens is 376 g/mol. The lowest BCUT2D eigenvalue weighted by atomic mass is 10.00. The second-order valence-electron chi connectivity index (χ2n) is 6.55. The zero-order valence-electron chi connectivity index (χ0n) is 14.8. The number of non-ortho nitro benzene ring substituents is 1. The predicted octanol–water partition coefficient (Wildman–Crippen LogP) is 1.82. The molecule has 0 bridgehead atoms. The number of hydrogen-bond acceptors (Lipinski definition) is 6. The first-order valence-corrected chi connectivity index (χ1v) is 8.80. The third-order valence-corrected chi connectivity index (χ3v) is 4.64. The molecule has 1 aliphatic rings. The molecule has 2 aromatic rings. The fraction of sp³-hybridized carbons (Fsp3) is 0.529. The maximum absolute atomic E-state index is 12.0. The number of amides is 1. The fourth-order valence-corrected chi connectivity index (χ4v) is 3.22. The molecule has 1 aliphatic heterocycles. The molecule has 0 spiro atoms. The summed E-state index contributed by atoms with van der Waals surface area (Å²) in [6.45, 7) is 2.97. The normalized spacial score (nSPS) is 16.7. The Morgan fingerprint density at radius 3 is 2.96 bits per heavy atom. The highest BCUT2D eigenvalue weighted by Crippen LogP contribution is 2.20. The molecule has 1 amide bonds. The van der Waals surface area contributed by atoms with E-state index in [1.165, 1.54) is 22.8 Å². The average molecular weight is 399 g/mol. The molecule has 27 heavy (non-hydrogen) atoms. The van der Waals surface area contributed by atoms with Crippen molar-refractivity contribution in [3.05, 3.63) is 38.9 Å². The van der Waals surface area contributed by atoms with Crippen molar-refractivity contribution in [2.45, 2.75) is 32.2 Å². The molecule has 148 valence electrons. The van der Waals surface area contributed by atoms with Gasteiger partial charge in [-0.1, -0.05) is 0 Å². The van der Waals surface area contributed by atoms with Gasteiger partial charge in [0.1, 0.15) is 0 Å². The van der Waals surface area contributed by atoms with Gasteiger partial charge in [-0.2, -0.15) is 0 Å². The van der Waals surface area contributed by atoms with Crippen molar-refractivity contribution in [3.8, 4) is 0 Å². The van der Waals surface area contributed by atoms with Crippen molar-refractivity contribution >= 4 is 35.1 Å². The summed E-state index contributed by atoms with van der Waals surface area (Å²) in [6, 6.07) is 4.06. The Kier molecular flexibility index (Phi) is 7.37. The number of nitrogens with zero attached hydrogens (tertiary/aromatic N) is 2. The van der Waals surface area contributed by atoms with Crippen LogP contribution in [0.2, 0.25) is 0 Å². The molecule has 10 heteroatoms. The number of nitrogens with one attached hydrogen (secondary N) is 2. The van der Waals surface area contributed by atoms with Gasteiger partial charge in [-0.3, -0.25) is 19.5 Å². The minimum Gasteiger partial charge on any atom is -0.407 e. The van der Waals surface area contributed by atoms with Gasteiger partial charge >= 0.3 is 5.76 Å². The van der Waals surface area contributed by atoms with E-state index < -0.39 is 10.7 Å². The number of hydrogen-bond donors (Lipinski definition) is 2. The number of carbonyl (C=O) groups excluding carboxylic acids is 1. The lowest BCUT2D eigenvalue weighted by Gasteiger charge is -2.22. The van der Waals surface area contributed by atoms with Crippen LogP contribution in [0.4, 0.5) is 5.69 Å². The molecular formula is C17H23ClN4O5. The van der Waals surface area contributed by atoms with E-state index in [9.17, 15) is 19.7 Å². The summed E-state index contributed by atoms with van der Waals surface area (Å²) in [5.74, 6) is -0.134. The standard InChI is InChI=1S/C17H22N4O5.ClH/c22-16(19-11-12-3-1-7-18-10-12)4-2-8-20-14-6-5-13(21(24)25)9-15(14)26-17(20)23;/h5-6,9,12,18H,1-4,7-8,10-11H2,(H,19,22);1H. The van der Waals surface area contributed by atoms with Gasteiger partial charge in [-0.25, -0.2) is 4.79 Å². The molecule has 0 radical (unpaired) electrons. The smallest absolute Gasteiger partial charge is 0.407 e. The molecule has 1 aromatic carbocycles. The van der Waals surface area contributed by atoms with Crippen LogP contribution in [0, 0.1) is 16.0 Å². The highest BCUT2D eigenvalue weighted by Gasteiger charge is 2.15. The topological polar surface area (TPSA) is 119 Å². The highest BCUT2D eigenvalue weighted by atomic mass is 35.5. The first-order valence-electron chi connectivity index (χ1n) is 8.80. The largest absolute Gasteiger partial charge is 0.419 e. The monoisotopic (exact) mass is 398 g/mol. The lowest BCUT2D eigenvalue weighted by molar-refractivity contribution is -0.384. The van der Waals surface area contributed by atoms with Gasteiger partial charge in [-0.15, -0.1) is 12.4 Å². The number of aromatic nitrogens is 1. The van der Waals surface area contributed by atoms with E-state index >= 15 is 0 Å². The van der Waals surface area contributed by atoms with E-state index in [4.69, 9.17) is 4.42 Å². The Morgan fingerprint density at radius 2 is 2.26 bits per heavy atom. The average Bonchev–Trinajstić information content (AvgIpc) is 2.95. The summed E-state index contributed by atoms with van der Waals surface area (Å²) in [6.07, 6.45) is 3.05. The van der Waals surface area contributed by atoms with Crippen LogP contribution < -0.4 is 16.4 Å². The van der Waals surface area contributed by atoms with Gasteiger partial charge in [0.25, 0.3) is 5.69 Å². The number of piperidine rings is 1. The second kappa shape index (κ2) is 9.52. The fourth-order valence-electron chi connectivity index (χ4n) is 3.22. The van der Waals surface area contributed by atoms with Gasteiger partial charge in [0.05, 0.1) is 16.5 Å². The Labute approximate surface area is 161 Å². The van der Waals surface area contributed by atoms with Gasteiger partial charge in [0, 0.05) is 25.6 Å². The zero-order valence-corrected chi connectivity index (χ0v) is 15.6. The quantitative estimate of drug-likeness (QED) is 0.542. The van der Waals surface area contributed by atoms with E-state index in [2.05, 4.69) is 10.6 Å². The first kappa shape index (κ1) is 20.9. The molecule has 2 heterocycles. The van der Waals surface area contributed by atoms with Crippen LogP contribution in [0.1, 0.15) is 25.7 Å². The Hall–Kier alpha value is -2.39. The molecule has 0 saturated carbocycles. The molecule has 9 nitrogen and oxygen atoms in total. The Morgan fingerprint density at radius 1 is 1.44 bits per heavy atom. The van der Waals surface area contributed by atoms with Crippen LogP contribution in [0.3, 0.4) is 0 Å². The summed E-state index contributed by atoms with van der Waals surface area (Å²) >= 11 is 0. The molecule has 1 unspecified atom stereocenters. The molecule has 1 aromatic heterocycles. The molecule has 1 fully saturated rings. The summed E-state index contributed by atoms with van der Waals surface area (Å²) in [4.78, 5) is 34.2. The Balaban J connectivity index is 0.00000261. The summed E-state index contributed by atoms with van der Waals surface area (Å²) in [5.41, 5.74) is 0.544. The van der Waals surface area contributed by atoms with Gasteiger partial charge < -0.3 is 15.1 Å². The Bertz CT molecular complexity index is 857. The predicted molar refractivity (Wildman–Crippen MR) is 102 cm³/mol. The molecule has 0 aliphatic carbocycles. The number of benzene rings is 1. The SMILES string of the molecule is Cl.O=C(CCCn1c(=O)oc2cc([N+](=O)[O-])ccc21)NCC1CCCNC1. The molecule has 2 N–H and O–H groups in total. The van der Waals surface area contributed by atoms with Crippen LogP contribution in [-0.4, -0.2) is 35.0 Å². The van der Waals surface area contributed by atoms with Crippen LogP contribution in [0.5, 0.6) is 0 Å². The number of aryl methyl sites for hydroxylation is 1. The number of rotatable bonds is 7.